The van der Waals surface area contributed by atoms with Gasteiger partial charge in [-0.05, 0) is 30.3 Å². The molecular formula is C18H17ClN4O2. The van der Waals surface area contributed by atoms with E-state index in [4.69, 9.17) is 21.6 Å². The summed E-state index contributed by atoms with van der Waals surface area (Å²) in [6, 6.07) is 12.3. The summed E-state index contributed by atoms with van der Waals surface area (Å²) in [5, 5.41) is 12.3. The van der Waals surface area contributed by atoms with E-state index >= 15 is 0 Å². The van der Waals surface area contributed by atoms with Crippen molar-refractivity contribution in [3.8, 4) is 11.9 Å². The third-order valence-corrected chi connectivity index (χ3v) is 4.23. The molecule has 1 aliphatic heterocycles. The molecule has 7 heteroatoms. The van der Waals surface area contributed by atoms with Crippen molar-refractivity contribution in [3.05, 3.63) is 53.2 Å². The maximum absolute atomic E-state index is 12.3. The Hall–Kier alpha value is -2.78. The average molecular weight is 357 g/mol. The second-order valence-electron chi connectivity index (χ2n) is 5.74. The van der Waals surface area contributed by atoms with Crippen molar-refractivity contribution in [2.75, 3.05) is 18.4 Å². The number of amides is 2. The molecular weight excluding hydrogens is 340 g/mol. The highest BCUT2D eigenvalue weighted by Gasteiger charge is 2.24. The van der Waals surface area contributed by atoms with Gasteiger partial charge in [0.05, 0.1) is 5.56 Å². The van der Waals surface area contributed by atoms with E-state index in [9.17, 15) is 4.79 Å². The highest BCUT2D eigenvalue weighted by molar-refractivity contribution is 6.30. The summed E-state index contributed by atoms with van der Waals surface area (Å²) in [6.45, 7) is 1.22. The maximum Gasteiger partial charge on any atom is 0.321 e. The minimum absolute atomic E-state index is 0.0139. The molecule has 2 heterocycles. The summed E-state index contributed by atoms with van der Waals surface area (Å²) in [5.41, 5.74) is 1.22. The van der Waals surface area contributed by atoms with E-state index in [2.05, 4.69) is 10.3 Å². The smallest absolute Gasteiger partial charge is 0.321 e. The highest BCUT2D eigenvalue weighted by atomic mass is 35.5. The number of urea groups is 1. The number of ether oxygens (including phenoxy) is 1. The van der Waals surface area contributed by atoms with Crippen LogP contribution in [0.3, 0.4) is 0 Å². The summed E-state index contributed by atoms with van der Waals surface area (Å²) in [6.07, 6.45) is 2.97. The SMILES string of the molecule is N#Cc1ccc(OC2CCN(C(=O)Nc3ccc(Cl)cc3)CC2)nc1. The van der Waals surface area contributed by atoms with Crippen LogP contribution >= 0.6 is 11.6 Å². The van der Waals surface area contributed by atoms with Crippen molar-refractivity contribution in [1.29, 1.82) is 5.26 Å². The molecule has 1 fully saturated rings. The Balaban J connectivity index is 1.48. The Morgan fingerprint density at radius 3 is 2.56 bits per heavy atom. The first-order valence-electron chi connectivity index (χ1n) is 7.98. The third kappa shape index (κ3) is 4.61. The lowest BCUT2D eigenvalue weighted by molar-refractivity contribution is 0.111. The number of aromatic nitrogens is 1. The number of pyridine rings is 1. The van der Waals surface area contributed by atoms with Crippen molar-refractivity contribution < 1.29 is 9.53 Å². The number of nitriles is 1. The molecule has 1 N–H and O–H groups in total. The number of likely N-dealkylation sites (tertiary alicyclic amines) is 1. The van der Waals surface area contributed by atoms with Gasteiger partial charge in [0, 0.05) is 48.9 Å². The molecule has 2 amide bonds. The minimum Gasteiger partial charge on any atom is -0.474 e. The average Bonchev–Trinajstić information content (AvgIpc) is 2.65. The van der Waals surface area contributed by atoms with Crippen molar-refractivity contribution >= 4 is 23.3 Å². The van der Waals surface area contributed by atoms with E-state index in [1.165, 1.54) is 6.20 Å². The number of halogens is 1. The Kier molecular flexibility index (Phi) is 5.36. The van der Waals surface area contributed by atoms with E-state index < -0.39 is 0 Å². The molecule has 6 nitrogen and oxygen atoms in total. The Morgan fingerprint density at radius 2 is 1.96 bits per heavy atom. The first kappa shape index (κ1) is 17.1. The normalized spacial score (nSPS) is 14.6. The van der Waals surface area contributed by atoms with E-state index in [-0.39, 0.29) is 12.1 Å². The number of carbonyl (C=O) groups is 1. The van der Waals surface area contributed by atoms with Gasteiger partial charge in [0.25, 0.3) is 0 Å². The molecule has 128 valence electrons. The Labute approximate surface area is 151 Å². The number of rotatable bonds is 3. The van der Waals surface area contributed by atoms with Gasteiger partial charge < -0.3 is 15.0 Å². The van der Waals surface area contributed by atoms with E-state index in [1.54, 1.807) is 41.3 Å². The van der Waals surface area contributed by atoms with Crippen LogP contribution in [0.2, 0.25) is 5.02 Å². The molecule has 0 unspecified atom stereocenters. The molecule has 3 rings (SSSR count). The number of carbonyl (C=O) groups excluding carboxylic acids is 1. The zero-order chi connectivity index (χ0) is 17.6. The molecule has 0 aliphatic carbocycles. The number of piperidine rings is 1. The fourth-order valence-corrected chi connectivity index (χ4v) is 2.73. The zero-order valence-corrected chi connectivity index (χ0v) is 14.2. The molecule has 0 atom stereocenters. The number of nitrogens with zero attached hydrogens (tertiary/aromatic N) is 3. The minimum atomic E-state index is -0.128. The van der Waals surface area contributed by atoms with Gasteiger partial charge in [-0.2, -0.15) is 5.26 Å². The van der Waals surface area contributed by atoms with Crippen LogP contribution in [0.25, 0.3) is 0 Å². The van der Waals surface area contributed by atoms with Gasteiger partial charge in [0.2, 0.25) is 5.88 Å². The van der Waals surface area contributed by atoms with Crippen LogP contribution in [0.1, 0.15) is 18.4 Å². The maximum atomic E-state index is 12.3. The molecule has 0 radical (unpaired) electrons. The van der Waals surface area contributed by atoms with Crippen molar-refractivity contribution in [2.45, 2.75) is 18.9 Å². The van der Waals surface area contributed by atoms with Crippen LogP contribution in [0.4, 0.5) is 10.5 Å². The van der Waals surface area contributed by atoms with Crippen molar-refractivity contribution in [1.82, 2.24) is 9.88 Å². The molecule has 0 spiro atoms. The van der Waals surface area contributed by atoms with Crippen LogP contribution in [0.5, 0.6) is 5.88 Å². The van der Waals surface area contributed by atoms with Gasteiger partial charge in [0.15, 0.2) is 0 Å². The molecule has 25 heavy (non-hydrogen) atoms. The topological polar surface area (TPSA) is 78.2 Å². The van der Waals surface area contributed by atoms with Gasteiger partial charge >= 0.3 is 6.03 Å². The lowest BCUT2D eigenvalue weighted by atomic mass is 10.1. The quantitative estimate of drug-likeness (QED) is 0.909. The summed E-state index contributed by atoms with van der Waals surface area (Å²) >= 11 is 5.84. The molecule has 0 saturated carbocycles. The zero-order valence-electron chi connectivity index (χ0n) is 13.5. The molecule has 1 aromatic carbocycles. The fourth-order valence-electron chi connectivity index (χ4n) is 2.60. The van der Waals surface area contributed by atoms with Gasteiger partial charge in [-0.15, -0.1) is 0 Å². The Bertz CT molecular complexity index is 763. The van der Waals surface area contributed by atoms with Gasteiger partial charge in [0.1, 0.15) is 12.2 Å². The van der Waals surface area contributed by atoms with Gasteiger partial charge in [-0.3, -0.25) is 0 Å². The number of anilines is 1. The number of hydrogen-bond donors (Lipinski definition) is 1. The van der Waals surface area contributed by atoms with E-state index in [1.807, 2.05) is 6.07 Å². The Morgan fingerprint density at radius 1 is 1.24 bits per heavy atom. The van der Waals surface area contributed by atoms with Gasteiger partial charge in [-0.1, -0.05) is 11.6 Å². The molecule has 2 aromatic rings. The summed E-state index contributed by atoms with van der Waals surface area (Å²) in [5.74, 6) is 0.503. The number of benzene rings is 1. The second-order valence-corrected chi connectivity index (χ2v) is 6.17. The first-order valence-corrected chi connectivity index (χ1v) is 8.36. The fraction of sp³-hybridized carbons (Fsp3) is 0.278. The second kappa shape index (κ2) is 7.86. The van der Waals surface area contributed by atoms with E-state index in [0.29, 0.717) is 29.6 Å². The third-order valence-electron chi connectivity index (χ3n) is 3.98. The van der Waals surface area contributed by atoms with Crippen LogP contribution in [0.15, 0.2) is 42.6 Å². The van der Waals surface area contributed by atoms with Crippen molar-refractivity contribution in [3.63, 3.8) is 0 Å². The van der Waals surface area contributed by atoms with Crippen LogP contribution in [-0.4, -0.2) is 35.1 Å². The standard InChI is InChI=1S/C18H17ClN4O2/c19-14-2-4-15(5-3-14)22-18(24)23-9-7-16(8-10-23)25-17-6-1-13(11-20)12-21-17/h1-6,12,16H,7-10H2,(H,22,24). The molecule has 0 bridgehead atoms. The molecule has 1 saturated heterocycles. The summed E-state index contributed by atoms with van der Waals surface area (Å²) in [7, 11) is 0. The number of nitrogens with one attached hydrogen (secondary N) is 1. The monoisotopic (exact) mass is 356 g/mol. The molecule has 1 aliphatic rings. The molecule has 1 aromatic heterocycles. The number of hydrogen-bond acceptors (Lipinski definition) is 4. The predicted octanol–water partition coefficient (Wildman–Crippen LogP) is 3.68. The summed E-state index contributed by atoms with van der Waals surface area (Å²) < 4.78 is 5.82. The van der Waals surface area contributed by atoms with Gasteiger partial charge in [-0.25, -0.2) is 9.78 Å². The van der Waals surface area contributed by atoms with Crippen LogP contribution in [-0.2, 0) is 0 Å². The summed E-state index contributed by atoms with van der Waals surface area (Å²) in [4.78, 5) is 18.2. The predicted molar refractivity (Wildman–Crippen MR) is 94.6 cm³/mol. The van der Waals surface area contributed by atoms with Crippen LogP contribution < -0.4 is 10.1 Å². The van der Waals surface area contributed by atoms with Crippen molar-refractivity contribution in [2.24, 2.45) is 0 Å². The lowest BCUT2D eigenvalue weighted by Gasteiger charge is -2.31. The highest BCUT2D eigenvalue weighted by Crippen LogP contribution is 2.19. The first-order chi connectivity index (χ1) is 12.1. The van der Waals surface area contributed by atoms with Crippen LogP contribution in [0, 0.1) is 11.3 Å². The lowest BCUT2D eigenvalue weighted by Crippen LogP contribution is -2.43. The largest absolute Gasteiger partial charge is 0.474 e. The van der Waals surface area contributed by atoms with E-state index in [0.717, 1.165) is 18.5 Å².